The molecule has 1 atom stereocenters. The third kappa shape index (κ3) is 4.07. The Bertz CT molecular complexity index is 464. The Kier molecular flexibility index (Phi) is 5.80. The summed E-state index contributed by atoms with van der Waals surface area (Å²) in [5.74, 6) is 0.168. The van der Waals surface area contributed by atoms with Gasteiger partial charge in [-0.3, -0.25) is 9.69 Å². The topological polar surface area (TPSA) is 32.3 Å². The number of hydrogen-bond donors (Lipinski definition) is 1. The molecule has 1 aromatic carbocycles. The quantitative estimate of drug-likeness (QED) is 0.805. The second-order valence-electron chi connectivity index (χ2n) is 6.16. The molecule has 0 saturated carbocycles. The largest absolute Gasteiger partial charge is 0.324 e. The first-order valence-electron chi connectivity index (χ1n) is 8.24. The number of carbonyl (C=O) groups is 1. The maximum Gasteiger partial charge on any atom is 0.241 e. The van der Waals surface area contributed by atoms with Gasteiger partial charge in [0, 0.05) is 5.69 Å². The van der Waals surface area contributed by atoms with Gasteiger partial charge < -0.3 is 5.32 Å². The van der Waals surface area contributed by atoms with Gasteiger partial charge in [-0.1, -0.05) is 38.0 Å². The predicted octanol–water partition coefficient (Wildman–Crippen LogP) is 3.90. The molecule has 1 fully saturated rings. The number of rotatable bonds is 6. The van der Waals surface area contributed by atoms with Gasteiger partial charge in [-0.25, -0.2) is 0 Å². The third-order valence-electron chi connectivity index (χ3n) is 4.44. The van der Waals surface area contributed by atoms with Gasteiger partial charge in [0.05, 0.1) is 6.04 Å². The van der Waals surface area contributed by atoms with E-state index < -0.39 is 0 Å². The Morgan fingerprint density at radius 3 is 2.67 bits per heavy atom. The van der Waals surface area contributed by atoms with Crippen LogP contribution in [0.25, 0.3) is 0 Å². The monoisotopic (exact) mass is 288 g/mol. The molecule has 3 heteroatoms. The molecule has 21 heavy (non-hydrogen) atoms. The van der Waals surface area contributed by atoms with Crippen molar-refractivity contribution < 1.29 is 4.79 Å². The van der Waals surface area contributed by atoms with Crippen molar-refractivity contribution in [3.8, 4) is 0 Å². The molecule has 1 aromatic rings. The fourth-order valence-electron chi connectivity index (χ4n) is 3.17. The molecule has 1 amide bonds. The zero-order chi connectivity index (χ0) is 15.2. The van der Waals surface area contributed by atoms with Gasteiger partial charge in [-0.05, 0) is 57.3 Å². The van der Waals surface area contributed by atoms with E-state index in [0.29, 0.717) is 0 Å². The Hall–Kier alpha value is -1.35. The molecule has 0 aromatic heterocycles. The second kappa shape index (κ2) is 7.60. The van der Waals surface area contributed by atoms with Crippen LogP contribution >= 0.6 is 0 Å². The molecule has 1 aliphatic rings. The number of anilines is 1. The van der Waals surface area contributed by atoms with Crippen molar-refractivity contribution in [2.75, 3.05) is 18.4 Å². The molecule has 1 N–H and O–H groups in total. The summed E-state index contributed by atoms with van der Waals surface area (Å²) in [6, 6.07) is 6.19. The molecule has 0 aliphatic carbocycles. The number of benzene rings is 1. The summed E-state index contributed by atoms with van der Waals surface area (Å²) in [5, 5.41) is 3.16. The lowest BCUT2D eigenvalue weighted by atomic mass is 10.1. The molecule has 2 rings (SSSR count). The van der Waals surface area contributed by atoms with E-state index in [1.165, 1.54) is 19.3 Å². The van der Waals surface area contributed by atoms with Gasteiger partial charge in [0.15, 0.2) is 0 Å². The highest BCUT2D eigenvalue weighted by molar-refractivity contribution is 5.96. The first-order chi connectivity index (χ1) is 10.1. The minimum Gasteiger partial charge on any atom is -0.324 e. The van der Waals surface area contributed by atoms with Gasteiger partial charge in [0.1, 0.15) is 0 Å². The normalized spacial score (nSPS) is 18.9. The van der Waals surface area contributed by atoms with Crippen molar-refractivity contribution in [1.29, 1.82) is 0 Å². The van der Waals surface area contributed by atoms with E-state index in [2.05, 4.69) is 43.1 Å². The Labute approximate surface area is 128 Å². The minimum atomic E-state index is 0.0564. The number of aryl methyl sites for hydroxylation is 2. The maximum atomic E-state index is 12.6. The van der Waals surface area contributed by atoms with E-state index in [4.69, 9.17) is 0 Å². The molecule has 116 valence electrons. The zero-order valence-electron chi connectivity index (χ0n) is 13.6. The average Bonchev–Trinajstić information content (AvgIpc) is 2.92. The molecule has 0 spiro atoms. The van der Waals surface area contributed by atoms with Gasteiger partial charge >= 0.3 is 0 Å². The standard InChI is InChI=1S/C18H28N2O/c1-4-5-6-12-20-13-8-11-16(20)18(21)19-17-14(2)9-7-10-15(17)3/h7,9-10,16H,4-6,8,11-13H2,1-3H3,(H,19,21). The van der Waals surface area contributed by atoms with Crippen LogP contribution in [-0.2, 0) is 4.79 Å². The molecule has 0 bridgehead atoms. The number of carbonyl (C=O) groups excluding carboxylic acids is 1. The van der Waals surface area contributed by atoms with Gasteiger partial charge in [-0.2, -0.15) is 0 Å². The summed E-state index contributed by atoms with van der Waals surface area (Å²) in [6.07, 6.45) is 5.80. The molecular weight excluding hydrogens is 260 g/mol. The predicted molar refractivity (Wildman–Crippen MR) is 88.7 cm³/mol. The summed E-state index contributed by atoms with van der Waals surface area (Å²) in [6.45, 7) is 8.44. The number of likely N-dealkylation sites (tertiary alicyclic amines) is 1. The lowest BCUT2D eigenvalue weighted by Gasteiger charge is -2.24. The zero-order valence-corrected chi connectivity index (χ0v) is 13.6. The highest BCUT2D eigenvalue weighted by atomic mass is 16.2. The van der Waals surface area contributed by atoms with Crippen LogP contribution in [0.1, 0.15) is 50.2 Å². The summed E-state index contributed by atoms with van der Waals surface area (Å²) in [7, 11) is 0. The van der Waals surface area contributed by atoms with E-state index in [1.54, 1.807) is 0 Å². The highest BCUT2D eigenvalue weighted by Gasteiger charge is 2.30. The van der Waals surface area contributed by atoms with E-state index >= 15 is 0 Å². The lowest BCUT2D eigenvalue weighted by Crippen LogP contribution is -2.40. The van der Waals surface area contributed by atoms with Crippen LogP contribution in [0.4, 0.5) is 5.69 Å². The van der Waals surface area contributed by atoms with Gasteiger partial charge in [0.2, 0.25) is 5.91 Å². The van der Waals surface area contributed by atoms with Crippen molar-refractivity contribution in [2.24, 2.45) is 0 Å². The summed E-state index contributed by atoms with van der Waals surface area (Å²) < 4.78 is 0. The smallest absolute Gasteiger partial charge is 0.241 e. The van der Waals surface area contributed by atoms with Crippen molar-refractivity contribution in [1.82, 2.24) is 4.90 Å². The highest BCUT2D eigenvalue weighted by Crippen LogP contribution is 2.23. The van der Waals surface area contributed by atoms with Crippen LogP contribution < -0.4 is 5.32 Å². The first-order valence-corrected chi connectivity index (χ1v) is 8.24. The third-order valence-corrected chi connectivity index (χ3v) is 4.44. The summed E-state index contributed by atoms with van der Waals surface area (Å²) >= 11 is 0. The van der Waals surface area contributed by atoms with Crippen molar-refractivity contribution in [3.63, 3.8) is 0 Å². The van der Waals surface area contributed by atoms with Gasteiger partial charge in [0.25, 0.3) is 0 Å². The van der Waals surface area contributed by atoms with Crippen LogP contribution in [0.15, 0.2) is 18.2 Å². The Morgan fingerprint density at radius 1 is 1.29 bits per heavy atom. The Balaban J connectivity index is 1.99. The summed E-state index contributed by atoms with van der Waals surface area (Å²) in [4.78, 5) is 15.0. The minimum absolute atomic E-state index is 0.0564. The molecule has 1 heterocycles. The fourth-order valence-corrected chi connectivity index (χ4v) is 3.17. The number of nitrogens with zero attached hydrogens (tertiary/aromatic N) is 1. The van der Waals surface area contributed by atoms with Crippen molar-refractivity contribution in [2.45, 2.75) is 58.9 Å². The van der Waals surface area contributed by atoms with Crippen LogP contribution in [0.3, 0.4) is 0 Å². The molecule has 0 radical (unpaired) electrons. The molecule has 1 aliphatic heterocycles. The molecular formula is C18H28N2O. The number of hydrogen-bond acceptors (Lipinski definition) is 2. The maximum absolute atomic E-state index is 12.6. The van der Waals surface area contributed by atoms with Crippen molar-refractivity contribution in [3.05, 3.63) is 29.3 Å². The van der Waals surface area contributed by atoms with E-state index in [9.17, 15) is 4.79 Å². The molecule has 1 saturated heterocycles. The number of unbranched alkanes of at least 4 members (excludes halogenated alkanes) is 2. The van der Waals surface area contributed by atoms with Crippen LogP contribution in [0, 0.1) is 13.8 Å². The summed E-state index contributed by atoms with van der Waals surface area (Å²) in [5.41, 5.74) is 3.26. The van der Waals surface area contributed by atoms with E-state index in [1.807, 2.05) is 6.07 Å². The van der Waals surface area contributed by atoms with Crippen LogP contribution in [0.2, 0.25) is 0 Å². The number of para-hydroxylation sites is 1. The molecule has 1 unspecified atom stereocenters. The lowest BCUT2D eigenvalue weighted by molar-refractivity contribution is -0.120. The van der Waals surface area contributed by atoms with E-state index in [-0.39, 0.29) is 11.9 Å². The van der Waals surface area contributed by atoms with Crippen LogP contribution in [0.5, 0.6) is 0 Å². The Morgan fingerprint density at radius 2 is 2.00 bits per heavy atom. The van der Waals surface area contributed by atoms with Gasteiger partial charge in [-0.15, -0.1) is 0 Å². The number of nitrogens with one attached hydrogen (secondary N) is 1. The average molecular weight is 288 g/mol. The number of amides is 1. The van der Waals surface area contributed by atoms with Crippen molar-refractivity contribution >= 4 is 11.6 Å². The SMILES string of the molecule is CCCCCN1CCCC1C(=O)Nc1c(C)cccc1C. The molecule has 3 nitrogen and oxygen atoms in total. The second-order valence-corrected chi connectivity index (χ2v) is 6.16. The van der Waals surface area contributed by atoms with E-state index in [0.717, 1.165) is 42.7 Å². The van der Waals surface area contributed by atoms with Crippen LogP contribution in [-0.4, -0.2) is 29.9 Å². The fraction of sp³-hybridized carbons (Fsp3) is 0.611. The first kappa shape index (κ1) is 16.0.